The van der Waals surface area contributed by atoms with Crippen LogP contribution in [0.2, 0.25) is 0 Å². The van der Waals surface area contributed by atoms with Crippen molar-refractivity contribution in [1.82, 2.24) is 14.5 Å². The molecule has 86 valence electrons. The average molecular weight is 211 g/mol. The van der Waals surface area contributed by atoms with Crippen molar-refractivity contribution < 1.29 is 0 Å². The van der Waals surface area contributed by atoms with Gasteiger partial charge in [-0.15, -0.1) is 0 Å². The van der Waals surface area contributed by atoms with E-state index in [0.29, 0.717) is 0 Å². The Hall–Kier alpha value is -1.03. The number of imidazole rings is 1. The Morgan fingerprint density at radius 2 is 1.73 bits per heavy atom. The molecule has 1 heterocycles. The largest absolute Gasteiger partial charge is 0.328 e. The lowest BCUT2D eigenvalue weighted by atomic mass is 10.5. The van der Waals surface area contributed by atoms with Crippen LogP contribution in [0.25, 0.3) is 0 Å². The van der Waals surface area contributed by atoms with E-state index in [2.05, 4.69) is 19.2 Å². The van der Waals surface area contributed by atoms with Gasteiger partial charge < -0.3 is 5.32 Å². The van der Waals surface area contributed by atoms with Crippen molar-refractivity contribution in [3.05, 3.63) is 22.9 Å². The SMILES string of the molecule is CCCNCCn1ccn(CCC)c1=O. The second-order valence-electron chi connectivity index (χ2n) is 3.72. The molecular weight excluding hydrogens is 190 g/mol. The van der Waals surface area contributed by atoms with Gasteiger partial charge in [0.2, 0.25) is 0 Å². The first kappa shape index (κ1) is 12.0. The Bertz CT molecular complexity index is 327. The lowest BCUT2D eigenvalue weighted by Crippen LogP contribution is -2.28. The zero-order valence-electron chi connectivity index (χ0n) is 9.70. The summed E-state index contributed by atoms with van der Waals surface area (Å²) >= 11 is 0. The van der Waals surface area contributed by atoms with Crippen molar-refractivity contribution >= 4 is 0 Å². The Morgan fingerprint density at radius 3 is 2.33 bits per heavy atom. The number of nitrogens with one attached hydrogen (secondary N) is 1. The van der Waals surface area contributed by atoms with Gasteiger partial charge in [-0.3, -0.25) is 9.13 Å². The summed E-state index contributed by atoms with van der Waals surface area (Å²) in [4.78, 5) is 11.7. The molecule has 1 aromatic heterocycles. The number of aryl methyl sites for hydroxylation is 1. The maximum atomic E-state index is 11.7. The predicted octanol–water partition coefficient (Wildman–Crippen LogP) is 1.06. The van der Waals surface area contributed by atoms with Crippen LogP contribution < -0.4 is 11.0 Å². The average Bonchev–Trinajstić information content (AvgIpc) is 2.57. The summed E-state index contributed by atoms with van der Waals surface area (Å²) in [6, 6.07) is 0. The molecule has 1 N–H and O–H groups in total. The Morgan fingerprint density at radius 1 is 1.07 bits per heavy atom. The molecule has 0 saturated heterocycles. The predicted molar refractivity (Wildman–Crippen MR) is 62.1 cm³/mol. The number of aromatic nitrogens is 2. The summed E-state index contributed by atoms with van der Waals surface area (Å²) in [6.45, 7) is 7.67. The fraction of sp³-hybridized carbons (Fsp3) is 0.727. The molecule has 0 radical (unpaired) electrons. The van der Waals surface area contributed by atoms with Gasteiger partial charge in [-0.1, -0.05) is 13.8 Å². The third-order valence-corrected chi connectivity index (χ3v) is 2.34. The van der Waals surface area contributed by atoms with Gasteiger partial charge in [-0.25, -0.2) is 4.79 Å². The third-order valence-electron chi connectivity index (χ3n) is 2.34. The van der Waals surface area contributed by atoms with Crippen molar-refractivity contribution in [2.24, 2.45) is 0 Å². The first-order valence-corrected chi connectivity index (χ1v) is 5.75. The first-order chi connectivity index (χ1) is 7.29. The van der Waals surface area contributed by atoms with Gasteiger partial charge in [0.05, 0.1) is 0 Å². The van der Waals surface area contributed by atoms with Gasteiger partial charge in [-0.05, 0) is 19.4 Å². The molecule has 0 fully saturated rings. The topological polar surface area (TPSA) is 39.0 Å². The second kappa shape index (κ2) is 6.45. The molecule has 0 aliphatic carbocycles. The highest BCUT2D eigenvalue weighted by Gasteiger charge is 2.00. The van der Waals surface area contributed by atoms with Crippen LogP contribution in [0.15, 0.2) is 17.2 Å². The zero-order chi connectivity index (χ0) is 11.1. The molecule has 0 aromatic carbocycles. The fourth-order valence-electron chi connectivity index (χ4n) is 1.54. The summed E-state index contributed by atoms with van der Waals surface area (Å²) in [6.07, 6.45) is 5.86. The van der Waals surface area contributed by atoms with Gasteiger partial charge in [0.25, 0.3) is 0 Å². The molecule has 4 heteroatoms. The van der Waals surface area contributed by atoms with Crippen LogP contribution in [-0.2, 0) is 13.1 Å². The van der Waals surface area contributed by atoms with Crippen LogP contribution in [0.3, 0.4) is 0 Å². The molecule has 4 nitrogen and oxygen atoms in total. The van der Waals surface area contributed by atoms with Crippen molar-refractivity contribution in [1.29, 1.82) is 0 Å². The van der Waals surface area contributed by atoms with E-state index in [0.717, 1.165) is 39.0 Å². The highest BCUT2D eigenvalue weighted by Crippen LogP contribution is 1.88. The van der Waals surface area contributed by atoms with E-state index in [4.69, 9.17) is 0 Å². The quantitative estimate of drug-likeness (QED) is 0.685. The van der Waals surface area contributed by atoms with Crippen LogP contribution in [0.5, 0.6) is 0 Å². The lowest BCUT2D eigenvalue weighted by Gasteiger charge is -2.03. The van der Waals surface area contributed by atoms with Crippen molar-refractivity contribution in [2.75, 3.05) is 13.1 Å². The Balaban J connectivity index is 2.44. The van der Waals surface area contributed by atoms with Crippen LogP contribution in [0.4, 0.5) is 0 Å². The molecule has 0 spiro atoms. The van der Waals surface area contributed by atoms with Gasteiger partial charge in [0, 0.05) is 32.0 Å². The highest BCUT2D eigenvalue weighted by molar-refractivity contribution is 4.81. The van der Waals surface area contributed by atoms with Crippen molar-refractivity contribution in [3.63, 3.8) is 0 Å². The molecule has 15 heavy (non-hydrogen) atoms. The Labute approximate surface area is 90.9 Å². The zero-order valence-corrected chi connectivity index (χ0v) is 9.70. The summed E-state index contributed by atoms with van der Waals surface area (Å²) < 4.78 is 3.53. The number of hydrogen-bond donors (Lipinski definition) is 1. The Kier molecular flexibility index (Phi) is 5.18. The maximum absolute atomic E-state index is 11.7. The van der Waals surface area contributed by atoms with Gasteiger partial charge in [0.15, 0.2) is 0 Å². The van der Waals surface area contributed by atoms with Crippen molar-refractivity contribution in [3.8, 4) is 0 Å². The van der Waals surface area contributed by atoms with Crippen molar-refractivity contribution in [2.45, 2.75) is 39.8 Å². The number of nitrogens with zero attached hydrogens (tertiary/aromatic N) is 2. The fourth-order valence-corrected chi connectivity index (χ4v) is 1.54. The van der Waals surface area contributed by atoms with E-state index in [9.17, 15) is 4.79 Å². The molecule has 0 aliphatic rings. The molecule has 1 aromatic rings. The van der Waals surface area contributed by atoms with E-state index >= 15 is 0 Å². The summed E-state index contributed by atoms with van der Waals surface area (Å²) in [5, 5.41) is 3.28. The van der Waals surface area contributed by atoms with E-state index in [1.54, 1.807) is 9.13 Å². The molecule has 0 saturated carbocycles. The molecular formula is C11H21N3O. The van der Waals surface area contributed by atoms with Gasteiger partial charge >= 0.3 is 5.69 Å². The minimum Gasteiger partial charge on any atom is -0.315 e. The van der Waals surface area contributed by atoms with Gasteiger partial charge in [0.1, 0.15) is 0 Å². The maximum Gasteiger partial charge on any atom is 0.328 e. The van der Waals surface area contributed by atoms with E-state index in [1.165, 1.54) is 0 Å². The standard InChI is InChI=1S/C11H21N3O/c1-3-5-12-6-8-14-10-9-13(7-4-2)11(14)15/h9-10,12H,3-8H2,1-2H3. The van der Waals surface area contributed by atoms with Gasteiger partial charge in [-0.2, -0.15) is 0 Å². The van der Waals surface area contributed by atoms with Crippen LogP contribution in [0, 0.1) is 0 Å². The normalized spacial score (nSPS) is 10.8. The lowest BCUT2D eigenvalue weighted by molar-refractivity contribution is 0.561. The summed E-state index contributed by atoms with van der Waals surface area (Å²) in [5.74, 6) is 0. The van der Waals surface area contributed by atoms with Crippen LogP contribution >= 0.6 is 0 Å². The van der Waals surface area contributed by atoms with Crippen LogP contribution in [0.1, 0.15) is 26.7 Å². The second-order valence-corrected chi connectivity index (χ2v) is 3.72. The smallest absolute Gasteiger partial charge is 0.315 e. The highest BCUT2D eigenvalue weighted by atomic mass is 16.1. The molecule has 0 bridgehead atoms. The molecule has 0 aliphatic heterocycles. The number of rotatable bonds is 7. The monoisotopic (exact) mass is 211 g/mol. The molecule has 0 atom stereocenters. The number of hydrogen-bond acceptors (Lipinski definition) is 2. The minimum atomic E-state index is 0.107. The third kappa shape index (κ3) is 3.55. The molecule has 0 amide bonds. The summed E-state index contributed by atoms with van der Waals surface area (Å²) in [5.41, 5.74) is 0.107. The molecule has 1 rings (SSSR count). The molecule has 0 unspecified atom stereocenters. The first-order valence-electron chi connectivity index (χ1n) is 5.75. The minimum absolute atomic E-state index is 0.107. The van der Waals surface area contributed by atoms with E-state index < -0.39 is 0 Å². The van der Waals surface area contributed by atoms with E-state index in [1.807, 2.05) is 12.4 Å². The van der Waals surface area contributed by atoms with Crippen LogP contribution in [-0.4, -0.2) is 22.2 Å². The summed E-state index contributed by atoms with van der Waals surface area (Å²) in [7, 11) is 0. The van der Waals surface area contributed by atoms with E-state index in [-0.39, 0.29) is 5.69 Å².